The topological polar surface area (TPSA) is 74.3 Å². The van der Waals surface area contributed by atoms with Gasteiger partial charge in [0.15, 0.2) is 0 Å². The fourth-order valence-electron chi connectivity index (χ4n) is 2.63. The smallest absolute Gasteiger partial charge is 0.251 e. The third-order valence-corrected chi connectivity index (χ3v) is 4.89. The minimum absolute atomic E-state index is 0.188. The van der Waals surface area contributed by atoms with E-state index >= 15 is 0 Å². The van der Waals surface area contributed by atoms with Gasteiger partial charge in [-0.1, -0.05) is 23.8 Å². The van der Waals surface area contributed by atoms with Crippen LogP contribution in [-0.2, 0) is 11.3 Å². The Morgan fingerprint density at radius 1 is 1.21 bits per heavy atom. The molecule has 0 aliphatic rings. The van der Waals surface area contributed by atoms with Gasteiger partial charge in [0, 0.05) is 32.4 Å². The third-order valence-electron chi connectivity index (χ3n) is 4.25. The molecule has 2 aromatic rings. The summed E-state index contributed by atoms with van der Waals surface area (Å²) in [6.07, 6.45) is 4.30. The molecule has 0 aliphatic carbocycles. The van der Waals surface area contributed by atoms with Crippen molar-refractivity contribution < 1.29 is 9.59 Å². The molecular formula is C21H28N4O2S. The van der Waals surface area contributed by atoms with Crippen molar-refractivity contribution in [2.24, 2.45) is 0 Å². The van der Waals surface area contributed by atoms with Gasteiger partial charge in [-0.3, -0.25) is 9.59 Å². The monoisotopic (exact) mass is 400 g/mol. The highest BCUT2D eigenvalue weighted by Gasteiger charge is 2.21. The number of pyridine rings is 1. The second-order valence-electron chi connectivity index (χ2n) is 6.81. The maximum atomic E-state index is 12.7. The molecule has 0 spiro atoms. The lowest BCUT2D eigenvalue weighted by atomic mass is 10.1. The van der Waals surface area contributed by atoms with Crippen molar-refractivity contribution in [1.29, 1.82) is 0 Å². The molecule has 1 aromatic carbocycles. The molecule has 0 fully saturated rings. The summed E-state index contributed by atoms with van der Waals surface area (Å²) in [6.45, 7) is 2.31. The Labute approximate surface area is 171 Å². The molecule has 2 rings (SSSR count). The van der Waals surface area contributed by atoms with Gasteiger partial charge in [-0.05, 0) is 49.1 Å². The molecular weight excluding hydrogens is 372 g/mol. The van der Waals surface area contributed by atoms with E-state index in [-0.39, 0.29) is 11.8 Å². The molecule has 0 bridgehead atoms. The highest BCUT2D eigenvalue weighted by molar-refractivity contribution is 7.98. The number of nitrogens with zero attached hydrogens (tertiary/aromatic N) is 2. The minimum Gasteiger partial charge on any atom is -0.363 e. The van der Waals surface area contributed by atoms with Crippen molar-refractivity contribution in [3.8, 4) is 0 Å². The maximum Gasteiger partial charge on any atom is 0.251 e. The molecule has 0 saturated carbocycles. The average Bonchev–Trinajstić information content (AvgIpc) is 2.69. The molecule has 1 aromatic heterocycles. The Balaban J connectivity index is 1.98. The van der Waals surface area contributed by atoms with Crippen LogP contribution in [0.1, 0.15) is 27.9 Å². The van der Waals surface area contributed by atoms with Gasteiger partial charge in [-0.25, -0.2) is 4.98 Å². The van der Waals surface area contributed by atoms with Gasteiger partial charge in [0.1, 0.15) is 11.9 Å². The fourth-order valence-corrected chi connectivity index (χ4v) is 3.10. The molecule has 2 N–H and O–H groups in total. The second-order valence-corrected chi connectivity index (χ2v) is 7.80. The van der Waals surface area contributed by atoms with Gasteiger partial charge in [0.2, 0.25) is 5.91 Å². The first kappa shape index (κ1) is 21.8. The summed E-state index contributed by atoms with van der Waals surface area (Å²) in [5.74, 6) is 1.22. The van der Waals surface area contributed by atoms with Crippen LogP contribution in [0.5, 0.6) is 0 Å². The molecule has 1 unspecified atom stereocenters. The molecule has 7 heteroatoms. The molecule has 0 radical (unpaired) electrons. The number of carbonyl (C=O) groups excluding carboxylic acids is 2. The van der Waals surface area contributed by atoms with Crippen LogP contribution in [0.4, 0.5) is 5.82 Å². The van der Waals surface area contributed by atoms with E-state index in [0.29, 0.717) is 18.5 Å². The lowest BCUT2D eigenvalue weighted by molar-refractivity contribution is -0.123. The van der Waals surface area contributed by atoms with Crippen LogP contribution in [-0.4, -0.2) is 48.9 Å². The predicted octanol–water partition coefficient (Wildman–Crippen LogP) is 2.62. The zero-order valence-electron chi connectivity index (χ0n) is 16.9. The Bertz CT molecular complexity index is 793. The van der Waals surface area contributed by atoms with Crippen LogP contribution >= 0.6 is 11.8 Å². The van der Waals surface area contributed by atoms with E-state index in [1.165, 1.54) is 0 Å². The van der Waals surface area contributed by atoms with Gasteiger partial charge in [0.25, 0.3) is 5.91 Å². The van der Waals surface area contributed by atoms with Gasteiger partial charge in [-0.15, -0.1) is 0 Å². The molecule has 0 aliphatic heterocycles. The normalized spacial score (nSPS) is 11.6. The van der Waals surface area contributed by atoms with Gasteiger partial charge in [0.05, 0.1) is 0 Å². The number of amides is 2. The van der Waals surface area contributed by atoms with E-state index in [1.807, 2.05) is 62.5 Å². The second kappa shape index (κ2) is 10.7. The number of nitrogens with one attached hydrogen (secondary N) is 2. The van der Waals surface area contributed by atoms with Gasteiger partial charge in [-0.2, -0.15) is 11.8 Å². The van der Waals surface area contributed by atoms with Crippen LogP contribution in [0.2, 0.25) is 0 Å². The first-order valence-electron chi connectivity index (χ1n) is 9.17. The third kappa shape index (κ3) is 6.56. The molecule has 0 saturated heterocycles. The number of aryl methyl sites for hydroxylation is 1. The van der Waals surface area contributed by atoms with Crippen LogP contribution in [0.3, 0.4) is 0 Å². The SMILES string of the molecule is CSCCC(NC(=O)c1cccc(C)c1)C(=O)NCc1ccc(N(C)C)nc1. The molecule has 28 heavy (non-hydrogen) atoms. The van der Waals surface area contributed by atoms with Crippen LogP contribution in [0.25, 0.3) is 0 Å². The summed E-state index contributed by atoms with van der Waals surface area (Å²) in [5.41, 5.74) is 2.48. The molecule has 1 heterocycles. The van der Waals surface area contributed by atoms with Crippen molar-refractivity contribution in [1.82, 2.24) is 15.6 Å². The highest BCUT2D eigenvalue weighted by atomic mass is 32.2. The lowest BCUT2D eigenvalue weighted by Crippen LogP contribution is -2.46. The van der Waals surface area contributed by atoms with E-state index in [9.17, 15) is 9.59 Å². The number of benzene rings is 1. The number of thioether (sulfide) groups is 1. The predicted molar refractivity (Wildman–Crippen MR) is 116 cm³/mol. The Kier molecular flexibility index (Phi) is 8.32. The Morgan fingerprint density at radius 3 is 2.61 bits per heavy atom. The van der Waals surface area contributed by atoms with Crippen LogP contribution in [0, 0.1) is 6.92 Å². The van der Waals surface area contributed by atoms with Crippen LogP contribution in [0.15, 0.2) is 42.6 Å². The summed E-state index contributed by atoms with van der Waals surface area (Å²) in [4.78, 5) is 31.5. The van der Waals surface area contributed by atoms with Crippen molar-refractivity contribution >= 4 is 29.4 Å². The average molecular weight is 401 g/mol. The van der Waals surface area contributed by atoms with E-state index < -0.39 is 6.04 Å². The molecule has 6 nitrogen and oxygen atoms in total. The number of carbonyl (C=O) groups is 2. The van der Waals surface area contributed by atoms with Crippen molar-refractivity contribution in [2.75, 3.05) is 31.0 Å². The summed E-state index contributed by atoms with van der Waals surface area (Å²) < 4.78 is 0. The van der Waals surface area contributed by atoms with E-state index in [4.69, 9.17) is 0 Å². The van der Waals surface area contributed by atoms with Crippen molar-refractivity contribution in [3.63, 3.8) is 0 Å². The number of aromatic nitrogens is 1. The first-order valence-corrected chi connectivity index (χ1v) is 10.6. The van der Waals surface area contributed by atoms with E-state index in [1.54, 1.807) is 24.0 Å². The Hall–Kier alpha value is -2.54. The minimum atomic E-state index is -0.575. The summed E-state index contributed by atoms with van der Waals surface area (Å²) >= 11 is 1.65. The van der Waals surface area contributed by atoms with Crippen molar-refractivity contribution in [2.45, 2.75) is 25.9 Å². The number of anilines is 1. The van der Waals surface area contributed by atoms with Crippen molar-refractivity contribution in [3.05, 3.63) is 59.3 Å². The number of rotatable bonds is 9. The fraction of sp³-hybridized carbons (Fsp3) is 0.381. The first-order chi connectivity index (χ1) is 13.4. The van der Waals surface area contributed by atoms with E-state index in [2.05, 4.69) is 15.6 Å². The molecule has 2 amide bonds. The number of hydrogen-bond acceptors (Lipinski definition) is 5. The summed E-state index contributed by atoms with van der Waals surface area (Å²) in [6, 6.07) is 10.6. The zero-order chi connectivity index (χ0) is 20.5. The van der Waals surface area contributed by atoms with Crippen LogP contribution < -0.4 is 15.5 Å². The maximum absolute atomic E-state index is 12.7. The summed E-state index contributed by atoms with van der Waals surface area (Å²) in [7, 11) is 3.86. The lowest BCUT2D eigenvalue weighted by Gasteiger charge is -2.18. The van der Waals surface area contributed by atoms with Gasteiger partial charge < -0.3 is 15.5 Å². The highest BCUT2D eigenvalue weighted by Crippen LogP contribution is 2.09. The zero-order valence-corrected chi connectivity index (χ0v) is 17.7. The standard InChI is InChI=1S/C21H28N4O2S/c1-15-6-5-7-17(12-15)20(26)24-18(10-11-28-4)21(27)23-14-16-8-9-19(22-13-16)25(2)3/h5-9,12-13,18H,10-11,14H2,1-4H3,(H,23,27)(H,24,26). The molecule has 150 valence electrons. The Morgan fingerprint density at radius 2 is 2.00 bits per heavy atom. The number of hydrogen-bond donors (Lipinski definition) is 2. The quantitative estimate of drug-likeness (QED) is 0.677. The largest absolute Gasteiger partial charge is 0.363 e. The summed E-state index contributed by atoms with van der Waals surface area (Å²) in [5, 5.41) is 5.78. The van der Waals surface area contributed by atoms with Gasteiger partial charge >= 0.3 is 0 Å². The van der Waals surface area contributed by atoms with E-state index in [0.717, 1.165) is 22.7 Å². The molecule has 1 atom stereocenters.